The van der Waals surface area contributed by atoms with Crippen molar-refractivity contribution in [2.45, 2.75) is 5.92 Å². The minimum atomic E-state index is -0.707. The molecule has 7 heteroatoms. The second-order valence-corrected chi connectivity index (χ2v) is 6.25. The molecular formula is C22H19FN2O4. The van der Waals surface area contributed by atoms with Gasteiger partial charge in [0.05, 0.1) is 13.0 Å². The molecule has 3 rings (SSSR count). The topological polar surface area (TPSA) is 87.7 Å². The number of hydroxylamine groups is 1. The average molecular weight is 394 g/mol. The number of anilines is 1. The van der Waals surface area contributed by atoms with Crippen LogP contribution in [0.2, 0.25) is 0 Å². The van der Waals surface area contributed by atoms with Crippen molar-refractivity contribution < 1.29 is 23.9 Å². The van der Waals surface area contributed by atoms with Crippen molar-refractivity contribution in [1.29, 1.82) is 0 Å². The highest BCUT2D eigenvalue weighted by Gasteiger charge is 2.22. The van der Waals surface area contributed by atoms with Crippen LogP contribution < -0.4 is 15.5 Å². The summed E-state index contributed by atoms with van der Waals surface area (Å²) in [5.41, 5.74) is 3.66. The molecule has 1 atom stereocenters. The lowest BCUT2D eigenvalue weighted by Gasteiger charge is -2.16. The Morgan fingerprint density at radius 2 is 1.62 bits per heavy atom. The summed E-state index contributed by atoms with van der Waals surface area (Å²) in [6.07, 6.45) is 0. The lowest BCUT2D eigenvalue weighted by molar-refractivity contribution is -0.129. The molecule has 0 aromatic heterocycles. The summed E-state index contributed by atoms with van der Waals surface area (Å²) >= 11 is 0. The standard InChI is InChI=1S/C22H19FN2O4/c1-29-19-12-9-16(13-18(19)23)21(26)24-17-10-7-15(8-11-17)20(22(27)25-28)14-5-3-2-4-6-14/h2-13,20,28H,1H3,(H,24,26)(H,25,27). The molecule has 1 unspecified atom stereocenters. The fourth-order valence-corrected chi connectivity index (χ4v) is 2.98. The number of carbonyl (C=O) groups is 2. The second-order valence-electron chi connectivity index (χ2n) is 6.25. The Labute approximate surface area is 166 Å². The van der Waals surface area contributed by atoms with E-state index >= 15 is 0 Å². The van der Waals surface area contributed by atoms with Gasteiger partial charge in [-0.05, 0) is 41.5 Å². The Hall–Kier alpha value is -3.71. The van der Waals surface area contributed by atoms with Crippen molar-refractivity contribution in [3.05, 3.63) is 95.3 Å². The fourth-order valence-electron chi connectivity index (χ4n) is 2.98. The molecule has 2 amide bonds. The van der Waals surface area contributed by atoms with Gasteiger partial charge in [-0.2, -0.15) is 0 Å². The molecule has 0 fully saturated rings. The molecule has 0 spiro atoms. The van der Waals surface area contributed by atoms with Crippen molar-refractivity contribution in [2.75, 3.05) is 12.4 Å². The van der Waals surface area contributed by atoms with Crippen molar-refractivity contribution >= 4 is 17.5 Å². The number of rotatable bonds is 6. The van der Waals surface area contributed by atoms with Gasteiger partial charge < -0.3 is 10.1 Å². The molecule has 6 nitrogen and oxygen atoms in total. The summed E-state index contributed by atoms with van der Waals surface area (Å²) < 4.78 is 18.6. The SMILES string of the molecule is COc1ccc(C(=O)Nc2ccc(C(C(=O)NO)c3ccccc3)cc2)cc1F. The van der Waals surface area contributed by atoms with Crippen LogP contribution in [0.3, 0.4) is 0 Å². The number of hydrogen-bond donors (Lipinski definition) is 3. The van der Waals surface area contributed by atoms with Gasteiger partial charge in [-0.25, -0.2) is 9.87 Å². The monoisotopic (exact) mass is 394 g/mol. The number of nitrogens with one attached hydrogen (secondary N) is 2. The maximum Gasteiger partial charge on any atom is 0.255 e. The quantitative estimate of drug-likeness (QED) is 0.439. The van der Waals surface area contributed by atoms with Gasteiger partial charge >= 0.3 is 0 Å². The number of ether oxygens (including phenoxy) is 1. The van der Waals surface area contributed by atoms with E-state index in [1.807, 2.05) is 6.07 Å². The normalized spacial score (nSPS) is 11.4. The summed E-state index contributed by atoms with van der Waals surface area (Å²) in [6.45, 7) is 0. The summed E-state index contributed by atoms with van der Waals surface area (Å²) in [4.78, 5) is 24.5. The third-order valence-corrected chi connectivity index (χ3v) is 4.42. The van der Waals surface area contributed by atoms with E-state index in [0.29, 0.717) is 16.8 Å². The van der Waals surface area contributed by atoms with Crippen molar-refractivity contribution in [1.82, 2.24) is 5.48 Å². The molecule has 0 saturated carbocycles. The number of hydrogen-bond acceptors (Lipinski definition) is 4. The average Bonchev–Trinajstić information content (AvgIpc) is 2.75. The molecule has 0 saturated heterocycles. The highest BCUT2D eigenvalue weighted by atomic mass is 19.1. The highest BCUT2D eigenvalue weighted by Crippen LogP contribution is 2.26. The summed E-state index contributed by atoms with van der Waals surface area (Å²) in [5.74, 6) is -2.33. The number of carbonyl (C=O) groups excluding carboxylic acids is 2. The Balaban J connectivity index is 1.79. The van der Waals surface area contributed by atoms with Crippen LogP contribution in [0.25, 0.3) is 0 Å². The van der Waals surface area contributed by atoms with Gasteiger partial charge in [-0.15, -0.1) is 0 Å². The first-order valence-corrected chi connectivity index (χ1v) is 8.77. The molecule has 0 aliphatic heterocycles. The van der Waals surface area contributed by atoms with Crippen LogP contribution in [0, 0.1) is 5.82 Å². The van der Waals surface area contributed by atoms with Crippen molar-refractivity contribution in [3.8, 4) is 5.75 Å². The minimum absolute atomic E-state index is 0.0556. The summed E-state index contributed by atoms with van der Waals surface area (Å²) in [7, 11) is 1.35. The summed E-state index contributed by atoms with van der Waals surface area (Å²) in [5, 5.41) is 11.8. The second kappa shape index (κ2) is 8.99. The zero-order valence-corrected chi connectivity index (χ0v) is 15.6. The van der Waals surface area contributed by atoms with E-state index in [2.05, 4.69) is 5.32 Å². The van der Waals surface area contributed by atoms with E-state index in [4.69, 9.17) is 9.94 Å². The van der Waals surface area contributed by atoms with Crippen LogP contribution in [-0.2, 0) is 4.79 Å². The zero-order chi connectivity index (χ0) is 20.8. The maximum atomic E-state index is 13.8. The van der Waals surface area contributed by atoms with E-state index in [0.717, 1.165) is 6.07 Å². The molecule has 0 bridgehead atoms. The molecular weight excluding hydrogens is 375 g/mol. The molecule has 0 heterocycles. The lowest BCUT2D eigenvalue weighted by Crippen LogP contribution is -2.27. The molecule has 3 aromatic rings. The van der Waals surface area contributed by atoms with E-state index in [1.54, 1.807) is 54.0 Å². The van der Waals surface area contributed by atoms with Crippen LogP contribution >= 0.6 is 0 Å². The molecule has 29 heavy (non-hydrogen) atoms. The Morgan fingerprint density at radius 3 is 2.21 bits per heavy atom. The van der Waals surface area contributed by atoms with Gasteiger partial charge in [0, 0.05) is 11.3 Å². The first kappa shape index (κ1) is 20.0. The smallest absolute Gasteiger partial charge is 0.255 e. The van der Waals surface area contributed by atoms with Gasteiger partial charge in [-0.1, -0.05) is 42.5 Å². The number of benzene rings is 3. The van der Waals surface area contributed by atoms with Gasteiger partial charge in [0.2, 0.25) is 0 Å². The van der Waals surface area contributed by atoms with Crippen LogP contribution in [0.5, 0.6) is 5.75 Å². The Bertz CT molecular complexity index is 1010. The Morgan fingerprint density at radius 1 is 0.966 bits per heavy atom. The molecule has 3 N–H and O–H groups in total. The third-order valence-electron chi connectivity index (χ3n) is 4.42. The van der Waals surface area contributed by atoms with Gasteiger partial charge in [-0.3, -0.25) is 14.8 Å². The fraction of sp³-hybridized carbons (Fsp3) is 0.0909. The van der Waals surface area contributed by atoms with Crippen LogP contribution in [-0.4, -0.2) is 24.1 Å². The maximum absolute atomic E-state index is 13.8. The zero-order valence-electron chi connectivity index (χ0n) is 15.6. The van der Waals surface area contributed by atoms with Gasteiger partial charge in [0.25, 0.3) is 11.8 Å². The van der Waals surface area contributed by atoms with Crippen molar-refractivity contribution in [2.24, 2.45) is 0 Å². The third kappa shape index (κ3) is 4.59. The molecule has 0 aliphatic rings. The molecule has 0 radical (unpaired) electrons. The van der Waals surface area contributed by atoms with E-state index in [1.165, 1.54) is 19.2 Å². The summed E-state index contributed by atoms with van der Waals surface area (Å²) in [6, 6.07) is 19.6. The lowest BCUT2D eigenvalue weighted by atomic mass is 9.90. The Kier molecular flexibility index (Phi) is 6.21. The number of halogens is 1. The largest absolute Gasteiger partial charge is 0.494 e. The van der Waals surface area contributed by atoms with E-state index in [-0.39, 0.29) is 11.3 Å². The predicted octanol–water partition coefficient (Wildman–Crippen LogP) is 3.72. The van der Waals surface area contributed by atoms with Crippen LogP contribution in [0.4, 0.5) is 10.1 Å². The number of methoxy groups -OCH3 is 1. The minimum Gasteiger partial charge on any atom is -0.494 e. The van der Waals surface area contributed by atoms with Crippen LogP contribution in [0.15, 0.2) is 72.8 Å². The molecule has 148 valence electrons. The predicted molar refractivity (Wildman–Crippen MR) is 106 cm³/mol. The van der Waals surface area contributed by atoms with E-state index < -0.39 is 23.5 Å². The van der Waals surface area contributed by atoms with Crippen molar-refractivity contribution in [3.63, 3.8) is 0 Å². The van der Waals surface area contributed by atoms with E-state index in [9.17, 15) is 14.0 Å². The highest BCUT2D eigenvalue weighted by molar-refractivity contribution is 6.04. The number of amides is 2. The van der Waals surface area contributed by atoms with Gasteiger partial charge in [0.15, 0.2) is 11.6 Å². The first-order chi connectivity index (χ1) is 14.0. The molecule has 3 aromatic carbocycles. The van der Waals surface area contributed by atoms with Crippen LogP contribution in [0.1, 0.15) is 27.4 Å². The van der Waals surface area contributed by atoms with Gasteiger partial charge in [0.1, 0.15) is 0 Å². The first-order valence-electron chi connectivity index (χ1n) is 8.77. The molecule has 0 aliphatic carbocycles.